The number of rotatable bonds is 6. The molecule has 2 heteroatoms. The second-order valence-corrected chi connectivity index (χ2v) is 5.55. The van der Waals surface area contributed by atoms with Crippen molar-refractivity contribution in [1.29, 1.82) is 0 Å². The molecule has 2 atom stereocenters. The SMILES string of the molecule is CCC(C)C(CNC(C)C)c1cccs1. The number of hydrogen-bond acceptors (Lipinski definition) is 2. The van der Waals surface area contributed by atoms with Crippen LogP contribution in [0.15, 0.2) is 17.5 Å². The smallest absolute Gasteiger partial charge is 0.00915 e. The Labute approximate surface area is 97.9 Å². The van der Waals surface area contributed by atoms with Crippen LogP contribution in [-0.4, -0.2) is 12.6 Å². The Balaban J connectivity index is 2.62. The summed E-state index contributed by atoms with van der Waals surface area (Å²) in [6.07, 6.45) is 1.25. The Kier molecular flexibility index (Phi) is 5.34. The van der Waals surface area contributed by atoms with Gasteiger partial charge in [-0.2, -0.15) is 0 Å². The second-order valence-electron chi connectivity index (χ2n) is 4.57. The lowest BCUT2D eigenvalue weighted by molar-refractivity contribution is 0.411. The zero-order chi connectivity index (χ0) is 11.3. The Morgan fingerprint density at radius 3 is 2.53 bits per heavy atom. The second kappa shape index (κ2) is 6.29. The summed E-state index contributed by atoms with van der Waals surface area (Å²) in [5.74, 6) is 1.44. The number of thiophene rings is 1. The summed E-state index contributed by atoms with van der Waals surface area (Å²) in [5, 5.41) is 5.74. The van der Waals surface area contributed by atoms with E-state index >= 15 is 0 Å². The predicted molar refractivity (Wildman–Crippen MR) is 69.7 cm³/mol. The first-order chi connectivity index (χ1) is 7.15. The van der Waals surface area contributed by atoms with E-state index in [-0.39, 0.29) is 0 Å². The zero-order valence-electron chi connectivity index (χ0n) is 10.3. The van der Waals surface area contributed by atoms with Crippen LogP contribution in [0.1, 0.15) is 44.9 Å². The largest absolute Gasteiger partial charge is 0.314 e. The average Bonchev–Trinajstić information content (AvgIpc) is 2.70. The van der Waals surface area contributed by atoms with Crippen LogP contribution in [-0.2, 0) is 0 Å². The van der Waals surface area contributed by atoms with Crippen molar-refractivity contribution < 1.29 is 0 Å². The molecule has 0 fully saturated rings. The fourth-order valence-corrected chi connectivity index (χ4v) is 2.69. The molecule has 15 heavy (non-hydrogen) atoms. The molecule has 0 radical (unpaired) electrons. The predicted octanol–water partition coefficient (Wildman–Crippen LogP) is 3.88. The fourth-order valence-electron chi connectivity index (χ4n) is 1.73. The summed E-state index contributed by atoms with van der Waals surface area (Å²) in [6, 6.07) is 5.00. The molecule has 1 heterocycles. The van der Waals surface area contributed by atoms with Crippen LogP contribution in [0, 0.1) is 5.92 Å². The Hall–Kier alpha value is -0.340. The minimum atomic E-state index is 0.580. The highest BCUT2D eigenvalue weighted by molar-refractivity contribution is 7.10. The normalized spacial score (nSPS) is 15.5. The summed E-state index contributed by atoms with van der Waals surface area (Å²) < 4.78 is 0. The minimum absolute atomic E-state index is 0.580. The lowest BCUT2D eigenvalue weighted by atomic mass is 9.90. The number of hydrogen-bond donors (Lipinski definition) is 1. The maximum Gasteiger partial charge on any atom is 0.00915 e. The highest BCUT2D eigenvalue weighted by Crippen LogP contribution is 2.29. The summed E-state index contributed by atoms with van der Waals surface area (Å²) in [6.45, 7) is 10.2. The van der Waals surface area contributed by atoms with Crippen molar-refractivity contribution in [2.24, 2.45) is 5.92 Å². The maximum atomic E-state index is 3.56. The van der Waals surface area contributed by atoms with Crippen molar-refractivity contribution in [3.63, 3.8) is 0 Å². The molecule has 1 aromatic rings. The summed E-state index contributed by atoms with van der Waals surface area (Å²) >= 11 is 1.89. The summed E-state index contributed by atoms with van der Waals surface area (Å²) in [5.41, 5.74) is 0. The van der Waals surface area contributed by atoms with Crippen LogP contribution >= 0.6 is 11.3 Å². The molecule has 0 aromatic carbocycles. The molecule has 0 bridgehead atoms. The first-order valence-corrected chi connectivity index (χ1v) is 6.79. The molecular weight excluding hydrogens is 202 g/mol. The van der Waals surface area contributed by atoms with E-state index in [0.717, 1.165) is 12.5 Å². The van der Waals surface area contributed by atoms with E-state index in [1.165, 1.54) is 11.3 Å². The molecule has 86 valence electrons. The van der Waals surface area contributed by atoms with Crippen LogP contribution in [0.3, 0.4) is 0 Å². The lowest BCUT2D eigenvalue weighted by Crippen LogP contribution is -2.30. The van der Waals surface area contributed by atoms with E-state index in [2.05, 4.69) is 50.5 Å². The zero-order valence-corrected chi connectivity index (χ0v) is 11.1. The third kappa shape index (κ3) is 3.96. The van der Waals surface area contributed by atoms with Gasteiger partial charge in [0, 0.05) is 23.4 Å². The van der Waals surface area contributed by atoms with E-state index in [9.17, 15) is 0 Å². The molecule has 0 aliphatic heterocycles. The highest BCUT2D eigenvalue weighted by Gasteiger charge is 2.18. The van der Waals surface area contributed by atoms with Gasteiger partial charge in [-0.25, -0.2) is 0 Å². The molecule has 1 nitrogen and oxygen atoms in total. The topological polar surface area (TPSA) is 12.0 Å². The minimum Gasteiger partial charge on any atom is -0.314 e. The standard InChI is InChI=1S/C13H23NS/c1-5-11(4)12(9-14-10(2)3)13-7-6-8-15-13/h6-8,10-12,14H,5,9H2,1-4H3. The lowest BCUT2D eigenvalue weighted by Gasteiger charge is -2.23. The molecule has 1 rings (SSSR count). The van der Waals surface area contributed by atoms with E-state index < -0.39 is 0 Å². The van der Waals surface area contributed by atoms with Gasteiger partial charge in [0.2, 0.25) is 0 Å². The molecule has 0 aliphatic carbocycles. The van der Waals surface area contributed by atoms with Gasteiger partial charge < -0.3 is 5.32 Å². The molecule has 0 aliphatic rings. The van der Waals surface area contributed by atoms with E-state index in [0.29, 0.717) is 12.0 Å². The van der Waals surface area contributed by atoms with Crippen molar-refractivity contribution in [1.82, 2.24) is 5.32 Å². The van der Waals surface area contributed by atoms with Crippen molar-refractivity contribution in [2.75, 3.05) is 6.54 Å². The molecule has 2 unspecified atom stereocenters. The quantitative estimate of drug-likeness (QED) is 0.775. The Morgan fingerprint density at radius 1 is 1.33 bits per heavy atom. The van der Waals surface area contributed by atoms with Gasteiger partial charge in [-0.15, -0.1) is 11.3 Å². The van der Waals surface area contributed by atoms with E-state index in [1.54, 1.807) is 0 Å². The summed E-state index contributed by atoms with van der Waals surface area (Å²) in [7, 11) is 0. The van der Waals surface area contributed by atoms with E-state index in [1.807, 2.05) is 11.3 Å². The van der Waals surface area contributed by atoms with Gasteiger partial charge in [0.15, 0.2) is 0 Å². The van der Waals surface area contributed by atoms with Crippen molar-refractivity contribution in [2.45, 2.75) is 46.1 Å². The summed E-state index contributed by atoms with van der Waals surface area (Å²) in [4.78, 5) is 1.53. The first-order valence-electron chi connectivity index (χ1n) is 5.92. The fraction of sp³-hybridized carbons (Fsp3) is 0.692. The molecule has 1 N–H and O–H groups in total. The molecule has 1 aromatic heterocycles. The molecule has 0 amide bonds. The van der Waals surface area contributed by atoms with Crippen molar-refractivity contribution >= 4 is 11.3 Å². The molecule has 0 saturated carbocycles. The van der Waals surface area contributed by atoms with Gasteiger partial charge in [-0.05, 0) is 17.4 Å². The first kappa shape index (κ1) is 12.7. The van der Waals surface area contributed by atoms with Crippen LogP contribution in [0.25, 0.3) is 0 Å². The van der Waals surface area contributed by atoms with Gasteiger partial charge in [0.1, 0.15) is 0 Å². The molecule has 0 saturated heterocycles. The van der Waals surface area contributed by atoms with Gasteiger partial charge >= 0.3 is 0 Å². The van der Waals surface area contributed by atoms with Gasteiger partial charge in [0.25, 0.3) is 0 Å². The van der Waals surface area contributed by atoms with Crippen LogP contribution in [0.5, 0.6) is 0 Å². The highest BCUT2D eigenvalue weighted by atomic mass is 32.1. The molecule has 0 spiro atoms. The number of nitrogens with one attached hydrogen (secondary N) is 1. The van der Waals surface area contributed by atoms with Gasteiger partial charge in [-0.3, -0.25) is 0 Å². The third-order valence-corrected chi connectivity index (χ3v) is 3.99. The van der Waals surface area contributed by atoms with Crippen LogP contribution < -0.4 is 5.32 Å². The van der Waals surface area contributed by atoms with Crippen molar-refractivity contribution in [3.8, 4) is 0 Å². The van der Waals surface area contributed by atoms with Crippen LogP contribution in [0.4, 0.5) is 0 Å². The van der Waals surface area contributed by atoms with Crippen molar-refractivity contribution in [3.05, 3.63) is 22.4 Å². The average molecular weight is 225 g/mol. The van der Waals surface area contributed by atoms with Crippen LogP contribution in [0.2, 0.25) is 0 Å². The van der Waals surface area contributed by atoms with Gasteiger partial charge in [-0.1, -0.05) is 40.2 Å². The third-order valence-electron chi connectivity index (χ3n) is 2.99. The van der Waals surface area contributed by atoms with Gasteiger partial charge in [0.05, 0.1) is 0 Å². The maximum absolute atomic E-state index is 3.56. The van der Waals surface area contributed by atoms with E-state index in [4.69, 9.17) is 0 Å². The molecular formula is C13H23NS. The Bertz CT molecular complexity index is 254. The Morgan fingerprint density at radius 2 is 2.07 bits per heavy atom. The monoisotopic (exact) mass is 225 g/mol.